The van der Waals surface area contributed by atoms with Crippen LogP contribution in [0.25, 0.3) is 0 Å². The number of aromatic amines is 1. The lowest BCUT2D eigenvalue weighted by atomic mass is 10.5. The second-order valence-corrected chi connectivity index (χ2v) is 3.03. The summed E-state index contributed by atoms with van der Waals surface area (Å²) in [5.74, 6) is 0. The van der Waals surface area contributed by atoms with Crippen molar-refractivity contribution in [1.82, 2.24) is 10.2 Å². The van der Waals surface area contributed by atoms with Gasteiger partial charge in [0.25, 0.3) is 0 Å². The highest BCUT2D eigenvalue weighted by molar-refractivity contribution is 8.00. The highest BCUT2D eigenvalue weighted by atomic mass is 32.2. The van der Waals surface area contributed by atoms with Crippen LogP contribution in [0, 0.1) is 0 Å². The van der Waals surface area contributed by atoms with Crippen LogP contribution in [0.1, 0.15) is 5.69 Å². The average Bonchev–Trinajstić information content (AvgIpc) is 2.31. The van der Waals surface area contributed by atoms with Gasteiger partial charge in [-0.3, -0.25) is 5.10 Å². The first-order valence-electron chi connectivity index (χ1n) is 2.92. The third-order valence-electron chi connectivity index (χ3n) is 1.06. The molecular formula is C5H5F3N2OS. The summed E-state index contributed by atoms with van der Waals surface area (Å²) in [6, 6.07) is 0. The van der Waals surface area contributed by atoms with E-state index in [1.165, 1.54) is 0 Å². The number of hydrogen-bond acceptors (Lipinski definition) is 3. The first kappa shape index (κ1) is 9.40. The summed E-state index contributed by atoms with van der Waals surface area (Å²) in [7, 11) is 0. The van der Waals surface area contributed by atoms with Crippen molar-refractivity contribution in [2.45, 2.75) is 17.0 Å². The van der Waals surface area contributed by atoms with Gasteiger partial charge in [0.1, 0.15) is 0 Å². The van der Waals surface area contributed by atoms with Crippen molar-refractivity contribution < 1.29 is 18.3 Å². The average molecular weight is 198 g/mol. The zero-order valence-corrected chi connectivity index (χ0v) is 6.54. The summed E-state index contributed by atoms with van der Waals surface area (Å²) in [4.78, 5) is -0.0926. The standard InChI is InChI=1S/C5H5F3N2OS/c6-5(7,8)12-4-1-9-10-3(4)2-11/h1,11H,2H2,(H,9,10). The molecule has 0 fully saturated rings. The highest BCUT2D eigenvalue weighted by Gasteiger charge is 2.30. The number of aliphatic hydroxyl groups is 1. The Kier molecular flexibility index (Phi) is 2.63. The molecule has 2 N–H and O–H groups in total. The fraction of sp³-hybridized carbons (Fsp3) is 0.400. The first-order valence-corrected chi connectivity index (χ1v) is 3.73. The van der Waals surface area contributed by atoms with Crippen molar-refractivity contribution in [1.29, 1.82) is 0 Å². The molecule has 0 saturated carbocycles. The molecule has 0 unspecified atom stereocenters. The smallest absolute Gasteiger partial charge is 0.390 e. The van der Waals surface area contributed by atoms with Crippen LogP contribution < -0.4 is 0 Å². The van der Waals surface area contributed by atoms with E-state index < -0.39 is 12.1 Å². The summed E-state index contributed by atoms with van der Waals surface area (Å²) in [5.41, 5.74) is -4.26. The lowest BCUT2D eigenvalue weighted by Gasteiger charge is -2.03. The second-order valence-electron chi connectivity index (χ2n) is 1.92. The molecule has 0 aliphatic rings. The van der Waals surface area contributed by atoms with Gasteiger partial charge < -0.3 is 5.11 Å². The van der Waals surface area contributed by atoms with Gasteiger partial charge in [-0.15, -0.1) is 0 Å². The maximum Gasteiger partial charge on any atom is 0.446 e. The number of nitrogens with zero attached hydrogens (tertiary/aromatic N) is 1. The van der Waals surface area contributed by atoms with Gasteiger partial charge in [-0.25, -0.2) is 0 Å². The van der Waals surface area contributed by atoms with Crippen LogP contribution in [-0.2, 0) is 6.61 Å². The van der Waals surface area contributed by atoms with E-state index in [0.717, 1.165) is 6.20 Å². The number of nitrogens with one attached hydrogen (secondary N) is 1. The monoisotopic (exact) mass is 198 g/mol. The summed E-state index contributed by atoms with van der Waals surface area (Å²) in [6.45, 7) is -0.474. The van der Waals surface area contributed by atoms with E-state index in [1.807, 2.05) is 0 Å². The van der Waals surface area contributed by atoms with Crippen LogP contribution in [0.3, 0.4) is 0 Å². The van der Waals surface area contributed by atoms with Crippen LogP contribution in [0.2, 0.25) is 0 Å². The molecule has 0 amide bonds. The van der Waals surface area contributed by atoms with Crippen LogP contribution >= 0.6 is 11.8 Å². The molecule has 0 aromatic carbocycles. The quantitative estimate of drug-likeness (QED) is 0.708. The van der Waals surface area contributed by atoms with E-state index in [4.69, 9.17) is 5.11 Å². The molecule has 0 saturated heterocycles. The topological polar surface area (TPSA) is 48.9 Å². The van der Waals surface area contributed by atoms with E-state index in [2.05, 4.69) is 10.2 Å². The van der Waals surface area contributed by atoms with Crippen LogP contribution in [0.15, 0.2) is 11.1 Å². The molecule has 68 valence electrons. The Balaban J connectivity index is 2.75. The number of aromatic nitrogens is 2. The van der Waals surface area contributed by atoms with E-state index >= 15 is 0 Å². The van der Waals surface area contributed by atoms with Crippen LogP contribution in [-0.4, -0.2) is 20.8 Å². The van der Waals surface area contributed by atoms with Gasteiger partial charge in [-0.1, -0.05) is 0 Å². The molecular weight excluding hydrogens is 193 g/mol. The molecule has 0 aliphatic heterocycles. The lowest BCUT2D eigenvalue weighted by molar-refractivity contribution is -0.0328. The van der Waals surface area contributed by atoms with Gasteiger partial charge in [0.2, 0.25) is 0 Å². The Hall–Kier alpha value is -0.690. The van der Waals surface area contributed by atoms with E-state index in [9.17, 15) is 13.2 Å². The zero-order valence-electron chi connectivity index (χ0n) is 5.72. The lowest BCUT2D eigenvalue weighted by Crippen LogP contribution is -2.00. The third-order valence-corrected chi connectivity index (χ3v) is 1.87. The molecule has 0 atom stereocenters. The second kappa shape index (κ2) is 3.36. The normalized spacial score (nSPS) is 12.0. The minimum absolute atomic E-state index is 0.0809. The van der Waals surface area contributed by atoms with Gasteiger partial charge in [0.15, 0.2) is 0 Å². The SMILES string of the molecule is OCc1[nH]ncc1SC(F)(F)F. The number of halogens is 3. The Morgan fingerprint density at radius 3 is 2.75 bits per heavy atom. The molecule has 0 bridgehead atoms. The summed E-state index contributed by atoms with van der Waals surface area (Å²) in [5, 5.41) is 14.2. The summed E-state index contributed by atoms with van der Waals surface area (Å²) >= 11 is -0.295. The first-order chi connectivity index (χ1) is 5.53. The summed E-state index contributed by atoms with van der Waals surface area (Å²) < 4.78 is 35.3. The zero-order chi connectivity index (χ0) is 9.19. The molecule has 3 nitrogen and oxygen atoms in total. The Morgan fingerprint density at radius 2 is 2.25 bits per heavy atom. The Bertz CT molecular complexity index is 259. The van der Waals surface area contributed by atoms with Gasteiger partial charge in [0.05, 0.1) is 23.4 Å². The van der Waals surface area contributed by atoms with Crippen molar-refractivity contribution >= 4 is 11.8 Å². The molecule has 0 radical (unpaired) electrons. The summed E-state index contributed by atoms with van der Waals surface area (Å²) in [6.07, 6.45) is 1.03. The number of thioether (sulfide) groups is 1. The maximum atomic E-state index is 11.8. The molecule has 1 heterocycles. The number of rotatable bonds is 2. The number of H-pyrrole nitrogens is 1. The van der Waals surface area contributed by atoms with Gasteiger partial charge in [0, 0.05) is 0 Å². The van der Waals surface area contributed by atoms with E-state index in [1.54, 1.807) is 0 Å². The fourth-order valence-corrected chi connectivity index (χ4v) is 1.22. The van der Waals surface area contributed by atoms with Crippen molar-refractivity contribution in [3.63, 3.8) is 0 Å². The molecule has 0 spiro atoms. The largest absolute Gasteiger partial charge is 0.446 e. The van der Waals surface area contributed by atoms with Crippen LogP contribution in [0.5, 0.6) is 0 Å². The van der Waals surface area contributed by atoms with E-state index in [0.29, 0.717) is 0 Å². The van der Waals surface area contributed by atoms with Gasteiger partial charge >= 0.3 is 5.51 Å². The molecule has 7 heteroatoms. The maximum absolute atomic E-state index is 11.8. The molecule has 12 heavy (non-hydrogen) atoms. The molecule has 0 aliphatic carbocycles. The minimum atomic E-state index is -4.34. The Labute approximate surface area is 70.0 Å². The van der Waals surface area contributed by atoms with Gasteiger partial charge in [-0.05, 0) is 11.8 Å². The highest BCUT2D eigenvalue weighted by Crippen LogP contribution is 2.37. The van der Waals surface area contributed by atoms with E-state index in [-0.39, 0.29) is 22.4 Å². The third kappa shape index (κ3) is 2.42. The van der Waals surface area contributed by atoms with Crippen molar-refractivity contribution in [3.05, 3.63) is 11.9 Å². The predicted molar refractivity (Wildman–Crippen MR) is 36.4 cm³/mol. The van der Waals surface area contributed by atoms with Crippen LogP contribution in [0.4, 0.5) is 13.2 Å². The van der Waals surface area contributed by atoms with Gasteiger partial charge in [-0.2, -0.15) is 18.3 Å². The Morgan fingerprint density at radius 1 is 1.58 bits per heavy atom. The predicted octanol–water partition coefficient (Wildman–Crippen LogP) is 1.51. The van der Waals surface area contributed by atoms with Crippen molar-refractivity contribution in [2.75, 3.05) is 0 Å². The fourth-order valence-electron chi connectivity index (χ4n) is 0.628. The number of hydrogen-bond donors (Lipinski definition) is 2. The molecule has 1 aromatic rings. The minimum Gasteiger partial charge on any atom is -0.390 e. The molecule has 1 rings (SSSR count). The number of aliphatic hydroxyl groups excluding tert-OH is 1. The number of alkyl halides is 3. The van der Waals surface area contributed by atoms with Crippen molar-refractivity contribution in [3.8, 4) is 0 Å². The van der Waals surface area contributed by atoms with Crippen molar-refractivity contribution in [2.24, 2.45) is 0 Å². The molecule has 1 aromatic heterocycles.